The van der Waals surface area contributed by atoms with Gasteiger partial charge in [0.2, 0.25) is 0 Å². The number of rotatable bonds is 4. The van der Waals surface area contributed by atoms with Crippen LogP contribution in [0.2, 0.25) is 0 Å². The molecule has 22 heavy (non-hydrogen) atoms. The third-order valence-electron chi connectivity index (χ3n) is 5.23. The summed E-state index contributed by atoms with van der Waals surface area (Å²) in [7, 11) is 0. The number of nitrogens with zero attached hydrogens (tertiary/aromatic N) is 1. The van der Waals surface area contributed by atoms with Gasteiger partial charge in [-0.25, -0.2) is 0 Å². The quantitative estimate of drug-likeness (QED) is 0.898. The van der Waals surface area contributed by atoms with Crippen LogP contribution in [0.1, 0.15) is 49.7 Å². The van der Waals surface area contributed by atoms with Crippen LogP contribution in [0.25, 0.3) is 0 Å². The molecule has 1 aromatic rings. The fourth-order valence-corrected chi connectivity index (χ4v) is 3.79. The Morgan fingerprint density at radius 3 is 2.55 bits per heavy atom. The molecule has 1 aromatic carbocycles. The van der Waals surface area contributed by atoms with Gasteiger partial charge in [0.25, 0.3) is 0 Å². The predicted molar refractivity (Wildman–Crippen MR) is 84.4 cm³/mol. The Morgan fingerprint density at radius 2 is 1.91 bits per heavy atom. The van der Waals surface area contributed by atoms with Crippen molar-refractivity contribution in [3.63, 3.8) is 0 Å². The second kappa shape index (κ2) is 6.39. The molecule has 2 N–H and O–H groups in total. The summed E-state index contributed by atoms with van der Waals surface area (Å²) >= 11 is 0. The van der Waals surface area contributed by atoms with E-state index in [1.165, 1.54) is 18.4 Å². The van der Waals surface area contributed by atoms with E-state index in [9.17, 15) is 9.90 Å². The highest BCUT2D eigenvalue weighted by Gasteiger charge is 2.37. The zero-order valence-electron chi connectivity index (χ0n) is 13.0. The molecule has 1 heterocycles. The van der Waals surface area contributed by atoms with Crippen molar-refractivity contribution in [2.75, 3.05) is 13.1 Å². The molecule has 2 fully saturated rings. The lowest BCUT2D eigenvalue weighted by Gasteiger charge is -2.35. The number of carboxylic acids is 1. The van der Waals surface area contributed by atoms with Crippen molar-refractivity contribution in [3.05, 3.63) is 35.4 Å². The highest BCUT2D eigenvalue weighted by molar-refractivity contribution is 5.70. The predicted octanol–water partition coefficient (Wildman–Crippen LogP) is 2.74. The second-order valence-electron chi connectivity index (χ2n) is 6.83. The van der Waals surface area contributed by atoms with E-state index < -0.39 is 11.6 Å². The molecular weight excluding hydrogens is 278 g/mol. The van der Waals surface area contributed by atoms with Crippen LogP contribution in [0.4, 0.5) is 0 Å². The van der Waals surface area contributed by atoms with Crippen molar-refractivity contribution >= 4 is 5.97 Å². The minimum absolute atomic E-state index is 0.298. The summed E-state index contributed by atoms with van der Waals surface area (Å²) in [4.78, 5) is 13.5. The van der Waals surface area contributed by atoms with Crippen LogP contribution in [0.5, 0.6) is 0 Å². The molecule has 3 rings (SSSR count). The third kappa shape index (κ3) is 3.33. The Hall–Kier alpha value is -1.39. The maximum Gasteiger partial charge on any atom is 0.306 e. The largest absolute Gasteiger partial charge is 0.481 e. The van der Waals surface area contributed by atoms with E-state index in [0.717, 1.165) is 25.2 Å². The number of carboxylic acid groups (broad SMARTS) is 1. The number of likely N-dealkylation sites (tertiary alicyclic amines) is 1. The standard InChI is InChI=1S/C18H25NO3/c20-17(21)15-6-8-18(22,9-7-15)16-5-3-4-14(12-16)13-19-10-1-2-11-19/h3-5,12,15,22H,1-2,6-11,13H2,(H,20,21). The minimum atomic E-state index is -0.854. The molecule has 4 heteroatoms. The second-order valence-corrected chi connectivity index (χ2v) is 6.83. The van der Waals surface area contributed by atoms with Crippen LogP contribution < -0.4 is 0 Å². The highest BCUT2D eigenvalue weighted by Crippen LogP contribution is 2.39. The molecule has 0 unspecified atom stereocenters. The van der Waals surface area contributed by atoms with Gasteiger partial charge in [-0.1, -0.05) is 24.3 Å². The first kappa shape index (κ1) is 15.5. The van der Waals surface area contributed by atoms with E-state index in [0.29, 0.717) is 25.7 Å². The molecular formula is C18H25NO3. The van der Waals surface area contributed by atoms with E-state index in [4.69, 9.17) is 5.11 Å². The third-order valence-corrected chi connectivity index (χ3v) is 5.23. The van der Waals surface area contributed by atoms with Gasteiger partial charge < -0.3 is 10.2 Å². The van der Waals surface area contributed by atoms with E-state index in [2.05, 4.69) is 17.0 Å². The molecule has 0 atom stereocenters. The summed E-state index contributed by atoms with van der Waals surface area (Å²) in [5, 5.41) is 20.0. The lowest BCUT2D eigenvalue weighted by atomic mass is 9.75. The van der Waals surface area contributed by atoms with E-state index in [1.54, 1.807) is 0 Å². The van der Waals surface area contributed by atoms with Gasteiger partial charge in [-0.15, -0.1) is 0 Å². The maximum absolute atomic E-state index is 11.1. The van der Waals surface area contributed by atoms with Crippen LogP contribution in [0.15, 0.2) is 24.3 Å². The average molecular weight is 303 g/mol. The molecule has 2 aliphatic rings. The molecule has 0 aromatic heterocycles. The molecule has 0 radical (unpaired) electrons. The number of carbonyl (C=O) groups is 1. The monoisotopic (exact) mass is 303 g/mol. The van der Waals surface area contributed by atoms with Crippen molar-refractivity contribution in [2.45, 2.75) is 50.7 Å². The molecule has 1 saturated heterocycles. The molecule has 1 saturated carbocycles. The topological polar surface area (TPSA) is 60.8 Å². The Bertz CT molecular complexity index is 529. The lowest BCUT2D eigenvalue weighted by Crippen LogP contribution is -2.34. The Morgan fingerprint density at radius 1 is 1.23 bits per heavy atom. The van der Waals surface area contributed by atoms with E-state index in [1.807, 2.05) is 12.1 Å². The van der Waals surface area contributed by atoms with Crippen molar-refractivity contribution < 1.29 is 15.0 Å². The van der Waals surface area contributed by atoms with Crippen molar-refractivity contribution in [1.82, 2.24) is 4.90 Å². The molecule has 1 aliphatic carbocycles. The molecule has 0 bridgehead atoms. The lowest BCUT2D eigenvalue weighted by molar-refractivity contribution is -0.145. The number of benzene rings is 1. The van der Waals surface area contributed by atoms with E-state index >= 15 is 0 Å². The first-order valence-corrected chi connectivity index (χ1v) is 8.34. The average Bonchev–Trinajstić information content (AvgIpc) is 3.01. The van der Waals surface area contributed by atoms with Crippen molar-refractivity contribution in [3.8, 4) is 0 Å². The van der Waals surface area contributed by atoms with Crippen LogP contribution in [-0.4, -0.2) is 34.2 Å². The number of aliphatic carboxylic acids is 1. The van der Waals surface area contributed by atoms with Gasteiger partial charge in [-0.3, -0.25) is 9.69 Å². The van der Waals surface area contributed by atoms with Gasteiger partial charge in [0.05, 0.1) is 11.5 Å². The molecule has 4 nitrogen and oxygen atoms in total. The zero-order valence-corrected chi connectivity index (χ0v) is 13.0. The Labute approximate surface area is 131 Å². The summed E-state index contributed by atoms with van der Waals surface area (Å²) in [6.45, 7) is 3.27. The maximum atomic E-state index is 11.1. The summed E-state index contributed by atoms with van der Waals surface area (Å²) in [6.07, 6.45) is 4.75. The first-order chi connectivity index (χ1) is 10.6. The number of hydrogen-bond acceptors (Lipinski definition) is 3. The Kier molecular flexibility index (Phi) is 4.50. The van der Waals surface area contributed by atoms with Crippen LogP contribution >= 0.6 is 0 Å². The van der Waals surface area contributed by atoms with Crippen LogP contribution in [0.3, 0.4) is 0 Å². The van der Waals surface area contributed by atoms with Gasteiger partial charge in [-0.05, 0) is 62.7 Å². The van der Waals surface area contributed by atoms with Gasteiger partial charge in [0, 0.05) is 6.54 Å². The fourth-order valence-electron chi connectivity index (χ4n) is 3.79. The van der Waals surface area contributed by atoms with Crippen LogP contribution in [0, 0.1) is 5.92 Å². The summed E-state index contributed by atoms with van der Waals surface area (Å²) < 4.78 is 0. The molecule has 120 valence electrons. The smallest absolute Gasteiger partial charge is 0.306 e. The zero-order chi connectivity index (χ0) is 15.6. The van der Waals surface area contributed by atoms with Crippen LogP contribution in [-0.2, 0) is 16.9 Å². The van der Waals surface area contributed by atoms with Gasteiger partial charge in [0.1, 0.15) is 0 Å². The highest BCUT2D eigenvalue weighted by atomic mass is 16.4. The van der Waals surface area contributed by atoms with Gasteiger partial charge in [-0.2, -0.15) is 0 Å². The van der Waals surface area contributed by atoms with Crippen molar-refractivity contribution in [2.24, 2.45) is 5.92 Å². The van der Waals surface area contributed by atoms with Gasteiger partial charge in [0.15, 0.2) is 0 Å². The SMILES string of the molecule is O=C(O)C1CCC(O)(c2cccc(CN3CCCC3)c2)CC1. The molecule has 1 aliphatic heterocycles. The summed E-state index contributed by atoms with van der Waals surface area (Å²) in [6, 6.07) is 8.23. The molecule has 0 amide bonds. The number of hydrogen-bond donors (Lipinski definition) is 2. The summed E-state index contributed by atoms with van der Waals surface area (Å²) in [5.74, 6) is -1.03. The van der Waals surface area contributed by atoms with Crippen molar-refractivity contribution in [1.29, 1.82) is 0 Å². The minimum Gasteiger partial charge on any atom is -0.481 e. The number of aliphatic hydroxyl groups is 1. The Balaban J connectivity index is 1.70. The molecule has 0 spiro atoms. The van der Waals surface area contributed by atoms with Gasteiger partial charge >= 0.3 is 5.97 Å². The first-order valence-electron chi connectivity index (χ1n) is 8.34. The normalized spacial score (nSPS) is 29.6. The summed E-state index contributed by atoms with van der Waals surface area (Å²) in [5.41, 5.74) is 1.34. The van der Waals surface area contributed by atoms with E-state index in [-0.39, 0.29) is 5.92 Å². The fraction of sp³-hybridized carbons (Fsp3) is 0.611.